The Kier molecular flexibility index (Phi) is 2.78. The molecule has 0 saturated carbocycles. The Morgan fingerprint density at radius 1 is 1.40 bits per heavy atom. The van der Waals surface area contributed by atoms with E-state index in [1.165, 1.54) is 0 Å². The van der Waals surface area contributed by atoms with Gasteiger partial charge in [0.1, 0.15) is 5.69 Å². The Hall–Kier alpha value is -1.68. The summed E-state index contributed by atoms with van der Waals surface area (Å²) in [4.78, 5) is 4.25. The van der Waals surface area contributed by atoms with E-state index in [1.807, 2.05) is 31.4 Å². The lowest BCUT2D eigenvalue weighted by molar-refractivity contribution is 0.299. The maximum absolute atomic E-state index is 8.94. The van der Waals surface area contributed by atoms with Gasteiger partial charge in [-0.3, -0.25) is 9.67 Å². The van der Waals surface area contributed by atoms with Gasteiger partial charge in [0.05, 0.1) is 5.69 Å². The van der Waals surface area contributed by atoms with Gasteiger partial charge < -0.3 is 5.11 Å². The summed E-state index contributed by atoms with van der Waals surface area (Å²) in [6, 6.07) is 5.72. The molecular weight excluding hydrogens is 190 g/mol. The zero-order valence-corrected chi connectivity index (χ0v) is 8.59. The average Bonchev–Trinajstić information content (AvgIpc) is 2.62. The lowest BCUT2D eigenvalue weighted by Gasteiger charge is -1.98. The van der Waals surface area contributed by atoms with Crippen LogP contribution in [-0.2, 0) is 13.5 Å². The van der Waals surface area contributed by atoms with Gasteiger partial charge in [-0.15, -0.1) is 0 Å². The van der Waals surface area contributed by atoms with Crippen molar-refractivity contribution in [1.29, 1.82) is 0 Å². The molecule has 0 saturated heterocycles. The Morgan fingerprint density at radius 3 is 2.93 bits per heavy atom. The van der Waals surface area contributed by atoms with Gasteiger partial charge in [0.2, 0.25) is 0 Å². The number of aromatic nitrogens is 3. The normalized spacial score (nSPS) is 10.5. The predicted octanol–water partition coefficient (Wildman–Crippen LogP) is 1.02. The molecule has 0 spiro atoms. The second kappa shape index (κ2) is 4.23. The van der Waals surface area contributed by atoms with Crippen LogP contribution in [0.2, 0.25) is 0 Å². The van der Waals surface area contributed by atoms with Gasteiger partial charge in [0.15, 0.2) is 0 Å². The number of pyridine rings is 1. The van der Waals surface area contributed by atoms with E-state index in [9.17, 15) is 0 Å². The highest BCUT2D eigenvalue weighted by Gasteiger charge is 2.09. The van der Waals surface area contributed by atoms with Crippen LogP contribution in [0, 0.1) is 0 Å². The van der Waals surface area contributed by atoms with Crippen LogP contribution in [0.3, 0.4) is 0 Å². The molecule has 0 fully saturated rings. The van der Waals surface area contributed by atoms with E-state index >= 15 is 0 Å². The quantitative estimate of drug-likeness (QED) is 0.810. The molecule has 0 aliphatic rings. The fourth-order valence-corrected chi connectivity index (χ4v) is 1.56. The van der Waals surface area contributed by atoms with Crippen LogP contribution >= 0.6 is 0 Å². The molecular formula is C11H13N3O. The summed E-state index contributed by atoms with van der Waals surface area (Å²) < 4.78 is 1.75. The minimum absolute atomic E-state index is 0.130. The van der Waals surface area contributed by atoms with Crippen molar-refractivity contribution in [3.63, 3.8) is 0 Å². The monoisotopic (exact) mass is 203 g/mol. The van der Waals surface area contributed by atoms with Crippen molar-refractivity contribution in [1.82, 2.24) is 14.8 Å². The van der Waals surface area contributed by atoms with Crippen molar-refractivity contribution >= 4 is 0 Å². The molecule has 2 rings (SSSR count). The van der Waals surface area contributed by atoms with Crippen LogP contribution in [-0.4, -0.2) is 26.5 Å². The van der Waals surface area contributed by atoms with Gasteiger partial charge in [0.25, 0.3) is 0 Å². The maximum Gasteiger partial charge on any atom is 0.114 e. The van der Waals surface area contributed by atoms with E-state index in [-0.39, 0.29) is 6.61 Å². The van der Waals surface area contributed by atoms with E-state index in [0.29, 0.717) is 6.42 Å². The van der Waals surface area contributed by atoms with Gasteiger partial charge in [-0.2, -0.15) is 5.10 Å². The molecule has 2 aromatic rings. The van der Waals surface area contributed by atoms with Gasteiger partial charge >= 0.3 is 0 Å². The third-order valence-electron chi connectivity index (χ3n) is 2.19. The summed E-state index contributed by atoms with van der Waals surface area (Å²) >= 11 is 0. The second-order valence-corrected chi connectivity index (χ2v) is 3.37. The molecule has 0 aromatic carbocycles. The Balaban J connectivity index is 2.43. The van der Waals surface area contributed by atoms with E-state index in [1.54, 1.807) is 10.9 Å². The third kappa shape index (κ3) is 2.05. The average molecular weight is 203 g/mol. The molecule has 0 amide bonds. The summed E-state index contributed by atoms with van der Waals surface area (Å²) in [5, 5.41) is 13.3. The first-order chi connectivity index (χ1) is 7.31. The van der Waals surface area contributed by atoms with Crippen LogP contribution in [0.15, 0.2) is 30.6 Å². The first-order valence-electron chi connectivity index (χ1n) is 4.86. The molecule has 0 aliphatic carbocycles. The number of aryl methyl sites for hydroxylation is 1. The number of hydrogen-bond donors (Lipinski definition) is 1. The van der Waals surface area contributed by atoms with Crippen molar-refractivity contribution < 1.29 is 5.11 Å². The standard InChI is InChI=1S/C11H13N3O/c1-14-8-9(5-7-15)11(13-14)10-4-2-3-6-12-10/h2-4,6,8,15H,5,7H2,1H3. The number of nitrogens with zero attached hydrogens (tertiary/aromatic N) is 3. The van der Waals surface area contributed by atoms with Gasteiger partial charge in [-0.1, -0.05) is 6.07 Å². The SMILES string of the molecule is Cn1cc(CCO)c(-c2ccccn2)n1. The Bertz CT molecular complexity index is 436. The van der Waals surface area contributed by atoms with E-state index in [0.717, 1.165) is 17.0 Å². The molecule has 4 nitrogen and oxygen atoms in total. The van der Waals surface area contributed by atoms with Crippen molar-refractivity contribution in [2.75, 3.05) is 6.61 Å². The van der Waals surface area contributed by atoms with E-state index < -0.39 is 0 Å². The van der Waals surface area contributed by atoms with Gasteiger partial charge in [-0.25, -0.2) is 0 Å². The minimum atomic E-state index is 0.130. The van der Waals surface area contributed by atoms with Crippen LogP contribution in [0.5, 0.6) is 0 Å². The lowest BCUT2D eigenvalue weighted by atomic mass is 10.1. The first-order valence-corrected chi connectivity index (χ1v) is 4.86. The molecule has 2 heterocycles. The molecule has 15 heavy (non-hydrogen) atoms. The first kappa shape index (κ1) is 9.86. The van der Waals surface area contributed by atoms with Crippen LogP contribution in [0.25, 0.3) is 11.4 Å². The number of aliphatic hydroxyl groups excluding tert-OH is 1. The summed E-state index contributed by atoms with van der Waals surface area (Å²) in [5.41, 5.74) is 2.73. The molecule has 0 unspecified atom stereocenters. The van der Waals surface area contributed by atoms with Crippen molar-refractivity contribution in [2.24, 2.45) is 7.05 Å². The van der Waals surface area contributed by atoms with Crippen molar-refractivity contribution in [3.8, 4) is 11.4 Å². The summed E-state index contributed by atoms with van der Waals surface area (Å²) in [6.45, 7) is 0.130. The highest BCUT2D eigenvalue weighted by atomic mass is 16.2. The number of aliphatic hydroxyl groups is 1. The van der Waals surface area contributed by atoms with Crippen LogP contribution in [0.4, 0.5) is 0 Å². The fourth-order valence-electron chi connectivity index (χ4n) is 1.56. The summed E-state index contributed by atoms with van der Waals surface area (Å²) in [7, 11) is 1.87. The summed E-state index contributed by atoms with van der Waals surface area (Å²) in [6.07, 6.45) is 4.27. The zero-order chi connectivity index (χ0) is 10.7. The van der Waals surface area contributed by atoms with E-state index in [2.05, 4.69) is 10.1 Å². The molecule has 0 atom stereocenters. The van der Waals surface area contributed by atoms with Crippen LogP contribution < -0.4 is 0 Å². The smallest absolute Gasteiger partial charge is 0.114 e. The molecule has 1 N–H and O–H groups in total. The van der Waals surface area contributed by atoms with E-state index in [4.69, 9.17) is 5.11 Å². The molecule has 0 bridgehead atoms. The van der Waals surface area contributed by atoms with Crippen molar-refractivity contribution in [2.45, 2.75) is 6.42 Å². The topological polar surface area (TPSA) is 50.9 Å². The van der Waals surface area contributed by atoms with Gasteiger partial charge in [-0.05, 0) is 18.6 Å². The number of hydrogen-bond acceptors (Lipinski definition) is 3. The second-order valence-electron chi connectivity index (χ2n) is 3.37. The predicted molar refractivity (Wildman–Crippen MR) is 57.2 cm³/mol. The largest absolute Gasteiger partial charge is 0.396 e. The van der Waals surface area contributed by atoms with Gasteiger partial charge in [0, 0.05) is 31.6 Å². The molecule has 2 aromatic heterocycles. The highest BCUT2D eigenvalue weighted by Crippen LogP contribution is 2.19. The maximum atomic E-state index is 8.94. The fraction of sp³-hybridized carbons (Fsp3) is 0.273. The lowest BCUT2D eigenvalue weighted by Crippen LogP contribution is -1.92. The Labute approximate surface area is 88.2 Å². The third-order valence-corrected chi connectivity index (χ3v) is 2.19. The van der Waals surface area contributed by atoms with Crippen LogP contribution in [0.1, 0.15) is 5.56 Å². The summed E-state index contributed by atoms with van der Waals surface area (Å²) in [5.74, 6) is 0. The molecule has 78 valence electrons. The highest BCUT2D eigenvalue weighted by molar-refractivity contribution is 5.57. The van der Waals surface area contributed by atoms with Crippen molar-refractivity contribution in [3.05, 3.63) is 36.2 Å². The molecule has 4 heteroatoms. The molecule has 0 radical (unpaired) electrons. The minimum Gasteiger partial charge on any atom is -0.396 e. The Morgan fingerprint density at radius 2 is 2.27 bits per heavy atom. The molecule has 0 aliphatic heterocycles. The zero-order valence-electron chi connectivity index (χ0n) is 8.59. The number of rotatable bonds is 3.